The Morgan fingerprint density at radius 3 is 2.58 bits per heavy atom. The van der Waals surface area contributed by atoms with E-state index in [9.17, 15) is 4.79 Å². The molecule has 1 N–H and O–H groups in total. The fourth-order valence-corrected chi connectivity index (χ4v) is 2.95. The second-order valence-electron chi connectivity index (χ2n) is 5.48. The molecule has 4 nitrogen and oxygen atoms in total. The number of likely N-dealkylation sites (tertiary alicyclic amines) is 1. The van der Waals surface area contributed by atoms with Crippen molar-refractivity contribution in [2.24, 2.45) is 5.92 Å². The van der Waals surface area contributed by atoms with Crippen LogP contribution in [0.15, 0.2) is 30.3 Å². The Labute approximate surface area is 114 Å². The van der Waals surface area contributed by atoms with E-state index in [0.29, 0.717) is 0 Å². The van der Waals surface area contributed by atoms with Crippen LogP contribution < -0.4 is 10.4 Å². The Morgan fingerprint density at radius 1 is 1.11 bits per heavy atom. The molecule has 102 valence electrons. The molecule has 0 aliphatic carbocycles. The molecule has 3 rings (SSSR count). The molecule has 2 aliphatic rings. The van der Waals surface area contributed by atoms with Gasteiger partial charge in [0.15, 0.2) is 0 Å². The summed E-state index contributed by atoms with van der Waals surface area (Å²) in [6.07, 6.45) is 3.89. The Kier molecular flexibility index (Phi) is 3.69. The van der Waals surface area contributed by atoms with E-state index in [1.54, 1.807) is 0 Å². The number of rotatable bonds is 3. The maximum Gasteiger partial charge on any atom is 0.244 e. The fourth-order valence-electron chi connectivity index (χ4n) is 2.95. The first-order chi connectivity index (χ1) is 9.33. The van der Waals surface area contributed by atoms with Crippen molar-refractivity contribution in [1.82, 2.24) is 10.3 Å². The summed E-state index contributed by atoms with van der Waals surface area (Å²) in [5, 5.41) is 1.97. The minimum Gasteiger partial charge on any atom is -0.302 e. The van der Waals surface area contributed by atoms with Gasteiger partial charge in [-0.3, -0.25) is 15.2 Å². The van der Waals surface area contributed by atoms with Crippen molar-refractivity contribution in [3.63, 3.8) is 0 Å². The van der Waals surface area contributed by atoms with Gasteiger partial charge in [-0.25, -0.2) is 0 Å². The molecular formula is C15H21N3O. The number of nitrogens with one attached hydrogen (secondary N) is 1. The third kappa shape index (κ3) is 2.89. The van der Waals surface area contributed by atoms with Gasteiger partial charge in [-0.1, -0.05) is 24.6 Å². The van der Waals surface area contributed by atoms with E-state index < -0.39 is 0 Å². The number of piperidine rings is 1. The molecule has 19 heavy (non-hydrogen) atoms. The number of nitrogens with zero attached hydrogens (tertiary/aromatic N) is 2. The number of benzene rings is 1. The van der Waals surface area contributed by atoms with E-state index in [2.05, 4.69) is 10.3 Å². The molecule has 0 spiro atoms. The SMILES string of the molecule is O=C1NN(c2ccccc2)CC1CN1CCCCC1. The zero-order valence-corrected chi connectivity index (χ0v) is 11.2. The third-order valence-corrected chi connectivity index (χ3v) is 4.01. The van der Waals surface area contributed by atoms with E-state index in [1.807, 2.05) is 35.3 Å². The zero-order valence-electron chi connectivity index (χ0n) is 11.2. The monoisotopic (exact) mass is 259 g/mol. The summed E-state index contributed by atoms with van der Waals surface area (Å²) in [7, 11) is 0. The number of anilines is 1. The maximum absolute atomic E-state index is 12.1. The van der Waals surface area contributed by atoms with Crippen molar-refractivity contribution in [1.29, 1.82) is 0 Å². The summed E-state index contributed by atoms with van der Waals surface area (Å²) in [6, 6.07) is 10.1. The third-order valence-electron chi connectivity index (χ3n) is 4.01. The molecule has 0 radical (unpaired) electrons. The fraction of sp³-hybridized carbons (Fsp3) is 0.533. The van der Waals surface area contributed by atoms with Gasteiger partial charge in [-0.15, -0.1) is 0 Å². The quantitative estimate of drug-likeness (QED) is 0.896. The number of hydrogen-bond acceptors (Lipinski definition) is 3. The van der Waals surface area contributed by atoms with Gasteiger partial charge in [0.1, 0.15) is 0 Å². The van der Waals surface area contributed by atoms with Gasteiger partial charge in [-0.05, 0) is 38.1 Å². The van der Waals surface area contributed by atoms with Gasteiger partial charge in [0.05, 0.1) is 18.2 Å². The van der Waals surface area contributed by atoms with Crippen LogP contribution in [0.4, 0.5) is 5.69 Å². The van der Waals surface area contributed by atoms with Crippen LogP contribution in [0.25, 0.3) is 0 Å². The van der Waals surface area contributed by atoms with Crippen LogP contribution in [0, 0.1) is 5.92 Å². The van der Waals surface area contributed by atoms with Crippen LogP contribution >= 0.6 is 0 Å². The second-order valence-corrected chi connectivity index (χ2v) is 5.48. The first-order valence-electron chi connectivity index (χ1n) is 7.18. The van der Waals surface area contributed by atoms with E-state index >= 15 is 0 Å². The first-order valence-corrected chi connectivity index (χ1v) is 7.18. The molecule has 0 aromatic heterocycles. The molecule has 2 fully saturated rings. The van der Waals surface area contributed by atoms with E-state index in [1.165, 1.54) is 19.3 Å². The standard InChI is InChI=1S/C15H21N3O/c19-15-13(11-17-9-5-2-6-10-17)12-18(16-15)14-7-3-1-4-8-14/h1,3-4,7-8,13H,2,5-6,9-12H2,(H,16,19). The van der Waals surface area contributed by atoms with Crippen molar-refractivity contribution in [3.05, 3.63) is 30.3 Å². The number of hydrogen-bond donors (Lipinski definition) is 1. The van der Waals surface area contributed by atoms with Gasteiger partial charge in [0, 0.05) is 6.54 Å². The van der Waals surface area contributed by atoms with E-state index in [0.717, 1.165) is 31.9 Å². The minimum absolute atomic E-state index is 0.0957. The smallest absolute Gasteiger partial charge is 0.244 e. The molecule has 0 bridgehead atoms. The summed E-state index contributed by atoms with van der Waals surface area (Å²) in [5.41, 5.74) is 4.04. The summed E-state index contributed by atoms with van der Waals surface area (Å²) < 4.78 is 0. The summed E-state index contributed by atoms with van der Waals surface area (Å²) in [5.74, 6) is 0.257. The van der Waals surface area contributed by atoms with Crippen LogP contribution in [-0.2, 0) is 4.79 Å². The van der Waals surface area contributed by atoms with Crippen LogP contribution in [-0.4, -0.2) is 37.0 Å². The highest BCUT2D eigenvalue weighted by molar-refractivity contribution is 5.84. The van der Waals surface area contributed by atoms with E-state index in [-0.39, 0.29) is 11.8 Å². The molecule has 1 amide bonds. The summed E-state index contributed by atoms with van der Waals surface area (Å²) in [4.78, 5) is 14.5. The largest absolute Gasteiger partial charge is 0.302 e. The molecule has 4 heteroatoms. The van der Waals surface area contributed by atoms with E-state index in [4.69, 9.17) is 0 Å². The van der Waals surface area contributed by atoms with Crippen LogP contribution in [0.3, 0.4) is 0 Å². The lowest BCUT2D eigenvalue weighted by molar-refractivity contribution is -0.122. The van der Waals surface area contributed by atoms with Gasteiger partial charge in [-0.2, -0.15) is 0 Å². The second kappa shape index (κ2) is 5.61. The van der Waals surface area contributed by atoms with Gasteiger partial charge in [0.25, 0.3) is 0 Å². The molecule has 1 unspecified atom stereocenters. The molecule has 2 heterocycles. The van der Waals surface area contributed by atoms with Crippen molar-refractivity contribution in [2.45, 2.75) is 19.3 Å². The molecule has 2 saturated heterocycles. The Hall–Kier alpha value is -1.55. The molecule has 1 atom stereocenters. The lowest BCUT2D eigenvalue weighted by Crippen LogP contribution is -2.37. The predicted octanol–water partition coefficient (Wildman–Crippen LogP) is 1.64. The molecule has 2 aliphatic heterocycles. The zero-order chi connectivity index (χ0) is 13.1. The maximum atomic E-state index is 12.1. The summed E-state index contributed by atoms with van der Waals surface area (Å²) in [6.45, 7) is 3.97. The lowest BCUT2D eigenvalue weighted by atomic mass is 10.1. The summed E-state index contributed by atoms with van der Waals surface area (Å²) >= 11 is 0. The highest BCUT2D eigenvalue weighted by atomic mass is 16.2. The lowest BCUT2D eigenvalue weighted by Gasteiger charge is -2.27. The van der Waals surface area contributed by atoms with Gasteiger partial charge < -0.3 is 4.90 Å². The normalized spacial score (nSPS) is 24.5. The molecule has 0 saturated carbocycles. The Bertz CT molecular complexity index is 428. The highest BCUT2D eigenvalue weighted by Gasteiger charge is 2.32. The van der Waals surface area contributed by atoms with Crippen molar-refractivity contribution in [3.8, 4) is 0 Å². The van der Waals surface area contributed by atoms with Crippen molar-refractivity contribution >= 4 is 11.6 Å². The number of carbonyl (C=O) groups excluding carboxylic acids is 1. The molecule has 1 aromatic carbocycles. The molecular weight excluding hydrogens is 238 g/mol. The van der Waals surface area contributed by atoms with Crippen LogP contribution in [0.2, 0.25) is 0 Å². The topological polar surface area (TPSA) is 35.6 Å². The average molecular weight is 259 g/mol. The number of carbonyl (C=O) groups is 1. The number of amides is 1. The Balaban J connectivity index is 1.60. The Morgan fingerprint density at radius 2 is 1.84 bits per heavy atom. The molecule has 1 aromatic rings. The highest BCUT2D eigenvalue weighted by Crippen LogP contribution is 2.20. The first kappa shape index (κ1) is 12.5. The van der Waals surface area contributed by atoms with Crippen molar-refractivity contribution < 1.29 is 4.79 Å². The number of para-hydroxylation sites is 1. The van der Waals surface area contributed by atoms with Crippen LogP contribution in [0.1, 0.15) is 19.3 Å². The number of hydrazine groups is 1. The average Bonchev–Trinajstić information content (AvgIpc) is 2.82. The van der Waals surface area contributed by atoms with Crippen LogP contribution in [0.5, 0.6) is 0 Å². The van der Waals surface area contributed by atoms with Gasteiger partial charge >= 0.3 is 0 Å². The van der Waals surface area contributed by atoms with Gasteiger partial charge in [0.2, 0.25) is 5.91 Å². The van der Waals surface area contributed by atoms with Crippen molar-refractivity contribution in [2.75, 3.05) is 31.2 Å². The predicted molar refractivity (Wildman–Crippen MR) is 75.7 cm³/mol. The minimum atomic E-state index is 0.0957.